The number of aryl methyl sites for hydroxylation is 3. The van der Waals surface area contributed by atoms with Crippen molar-refractivity contribution in [1.82, 2.24) is 28.4 Å². The molecule has 0 atom stereocenters. The van der Waals surface area contributed by atoms with Gasteiger partial charge in [-0.1, -0.05) is 17.7 Å². The lowest BCUT2D eigenvalue weighted by Gasteiger charge is -2.36. The van der Waals surface area contributed by atoms with Crippen molar-refractivity contribution in [2.45, 2.75) is 26.8 Å². The van der Waals surface area contributed by atoms with Gasteiger partial charge in [0.15, 0.2) is 11.2 Å². The number of rotatable bonds is 5. The van der Waals surface area contributed by atoms with E-state index in [9.17, 15) is 9.59 Å². The molecule has 0 unspecified atom stereocenters. The molecule has 33 heavy (non-hydrogen) atoms. The highest BCUT2D eigenvalue weighted by Gasteiger charge is 2.21. The summed E-state index contributed by atoms with van der Waals surface area (Å²) >= 11 is 6.14. The predicted octanol–water partition coefficient (Wildman–Crippen LogP) is 2.16. The third kappa shape index (κ3) is 3.75. The maximum atomic E-state index is 12.5. The molecule has 4 heterocycles. The van der Waals surface area contributed by atoms with Gasteiger partial charge >= 0.3 is 5.69 Å². The lowest BCUT2D eigenvalue weighted by atomic mass is 10.2. The number of benzene rings is 1. The summed E-state index contributed by atoms with van der Waals surface area (Å²) in [5, 5.41) is 0.771. The van der Waals surface area contributed by atoms with E-state index in [1.807, 2.05) is 29.5 Å². The van der Waals surface area contributed by atoms with Crippen LogP contribution in [0.1, 0.15) is 17.8 Å². The minimum absolute atomic E-state index is 0.404. The molecule has 1 N–H and O–H groups in total. The Morgan fingerprint density at radius 1 is 1.06 bits per heavy atom. The fourth-order valence-electron chi connectivity index (χ4n) is 4.80. The SMILES string of the molecule is Cc1c(C)n2c3c(=O)[nH]c(=O)n(C)c3nc2n1CCCN1CCN(c2cccc(Cl)c2)CC1. The number of H-pyrrole nitrogens is 1. The Labute approximate surface area is 195 Å². The van der Waals surface area contributed by atoms with Gasteiger partial charge in [0.25, 0.3) is 5.56 Å². The molecule has 0 saturated carbocycles. The molecular formula is C23H28ClN7O2. The molecular weight excluding hydrogens is 442 g/mol. The van der Waals surface area contributed by atoms with Gasteiger partial charge in [-0.2, -0.15) is 4.98 Å². The third-order valence-corrected chi connectivity index (χ3v) is 7.04. The zero-order chi connectivity index (χ0) is 23.3. The Bertz CT molecular complexity index is 1450. The Balaban J connectivity index is 1.30. The maximum absolute atomic E-state index is 12.5. The van der Waals surface area contributed by atoms with E-state index in [2.05, 4.69) is 37.3 Å². The molecule has 1 saturated heterocycles. The summed E-state index contributed by atoms with van der Waals surface area (Å²) < 4.78 is 5.41. The molecule has 0 aliphatic carbocycles. The number of aromatic nitrogens is 5. The van der Waals surface area contributed by atoms with E-state index in [4.69, 9.17) is 11.6 Å². The molecule has 1 aromatic carbocycles. The summed E-state index contributed by atoms with van der Waals surface area (Å²) in [5.41, 5.74) is 3.20. The van der Waals surface area contributed by atoms with Crippen molar-refractivity contribution in [3.8, 4) is 0 Å². The normalized spacial score (nSPS) is 15.2. The Kier molecular flexibility index (Phi) is 5.54. The largest absolute Gasteiger partial charge is 0.369 e. The van der Waals surface area contributed by atoms with E-state index in [1.54, 1.807) is 7.05 Å². The molecule has 0 bridgehead atoms. The fourth-order valence-corrected chi connectivity index (χ4v) is 4.98. The van der Waals surface area contributed by atoms with Crippen LogP contribution >= 0.6 is 11.6 Å². The molecule has 5 rings (SSSR count). The van der Waals surface area contributed by atoms with Gasteiger partial charge in [0, 0.05) is 61.9 Å². The minimum atomic E-state index is -0.453. The van der Waals surface area contributed by atoms with Gasteiger partial charge < -0.3 is 9.47 Å². The van der Waals surface area contributed by atoms with E-state index >= 15 is 0 Å². The summed E-state index contributed by atoms with van der Waals surface area (Å²) in [6, 6.07) is 8.03. The van der Waals surface area contributed by atoms with Crippen LogP contribution in [-0.4, -0.2) is 61.1 Å². The molecule has 1 fully saturated rings. The van der Waals surface area contributed by atoms with Gasteiger partial charge in [-0.15, -0.1) is 0 Å². The fraction of sp³-hybridized carbons (Fsp3) is 0.435. The van der Waals surface area contributed by atoms with Crippen LogP contribution in [0.4, 0.5) is 5.69 Å². The lowest BCUT2D eigenvalue weighted by molar-refractivity contribution is 0.250. The van der Waals surface area contributed by atoms with E-state index in [0.29, 0.717) is 16.9 Å². The molecule has 9 nitrogen and oxygen atoms in total. The molecule has 0 amide bonds. The highest BCUT2D eigenvalue weighted by atomic mass is 35.5. The third-order valence-electron chi connectivity index (χ3n) is 6.81. The van der Waals surface area contributed by atoms with E-state index in [0.717, 1.165) is 62.1 Å². The van der Waals surface area contributed by atoms with E-state index < -0.39 is 11.2 Å². The van der Waals surface area contributed by atoms with Crippen LogP contribution in [0.15, 0.2) is 33.9 Å². The van der Waals surface area contributed by atoms with Gasteiger partial charge in [-0.05, 0) is 45.0 Å². The molecule has 1 aliphatic heterocycles. The van der Waals surface area contributed by atoms with Crippen molar-refractivity contribution in [1.29, 1.82) is 0 Å². The number of piperazine rings is 1. The van der Waals surface area contributed by atoms with Gasteiger partial charge in [-0.3, -0.25) is 23.6 Å². The summed E-state index contributed by atoms with van der Waals surface area (Å²) in [5.74, 6) is 0.706. The summed E-state index contributed by atoms with van der Waals surface area (Å²) in [6.45, 7) is 9.81. The van der Waals surface area contributed by atoms with Gasteiger partial charge in [0.1, 0.15) is 0 Å². The highest BCUT2D eigenvalue weighted by molar-refractivity contribution is 6.30. The molecule has 3 aromatic heterocycles. The first kappa shape index (κ1) is 21.8. The molecule has 174 valence electrons. The van der Waals surface area contributed by atoms with Gasteiger partial charge in [0.05, 0.1) is 0 Å². The molecule has 0 spiro atoms. The zero-order valence-electron chi connectivity index (χ0n) is 19.1. The van der Waals surface area contributed by atoms with Crippen LogP contribution < -0.4 is 16.1 Å². The first-order valence-electron chi connectivity index (χ1n) is 11.2. The molecule has 4 aromatic rings. The molecule has 1 aliphatic rings. The van der Waals surface area contributed by atoms with Crippen molar-refractivity contribution in [3.05, 3.63) is 61.5 Å². The standard InChI is InChI=1S/C23H28ClN7O2/c1-15-16(2)31-19-20(27(3)23(33)26-21(19)32)25-22(31)30(15)9-5-8-28-10-12-29(13-11-28)18-7-4-6-17(24)14-18/h4,6-7,14H,5,8-13H2,1-3H3,(H,26,32,33). The summed E-state index contributed by atoms with van der Waals surface area (Å²) in [4.78, 5) is 36.4. The average molecular weight is 470 g/mol. The second-order valence-electron chi connectivity index (χ2n) is 8.72. The van der Waals surface area contributed by atoms with Crippen LogP contribution in [0.3, 0.4) is 0 Å². The van der Waals surface area contributed by atoms with Crippen molar-refractivity contribution >= 4 is 34.2 Å². The quantitative estimate of drug-likeness (QED) is 0.484. The molecule has 10 heteroatoms. The van der Waals surface area contributed by atoms with Crippen molar-refractivity contribution in [2.24, 2.45) is 7.05 Å². The van der Waals surface area contributed by atoms with Crippen LogP contribution in [-0.2, 0) is 13.6 Å². The zero-order valence-corrected chi connectivity index (χ0v) is 19.9. The van der Waals surface area contributed by atoms with Crippen LogP contribution in [0.2, 0.25) is 5.02 Å². The maximum Gasteiger partial charge on any atom is 0.329 e. The minimum Gasteiger partial charge on any atom is -0.369 e. The van der Waals surface area contributed by atoms with Crippen LogP contribution in [0.5, 0.6) is 0 Å². The number of halogens is 1. The van der Waals surface area contributed by atoms with E-state index in [-0.39, 0.29) is 0 Å². The van der Waals surface area contributed by atoms with Crippen molar-refractivity contribution in [2.75, 3.05) is 37.6 Å². The van der Waals surface area contributed by atoms with Crippen LogP contribution in [0.25, 0.3) is 16.9 Å². The Hall–Kier alpha value is -3.04. The average Bonchev–Trinajstić information content (AvgIpc) is 3.30. The second kappa shape index (κ2) is 8.39. The second-order valence-corrected chi connectivity index (χ2v) is 9.16. The van der Waals surface area contributed by atoms with Crippen LogP contribution in [0, 0.1) is 13.8 Å². The smallest absolute Gasteiger partial charge is 0.329 e. The first-order valence-corrected chi connectivity index (χ1v) is 11.6. The van der Waals surface area contributed by atoms with E-state index in [1.165, 1.54) is 10.3 Å². The van der Waals surface area contributed by atoms with Gasteiger partial charge in [0.2, 0.25) is 5.78 Å². The number of nitrogens with one attached hydrogen (secondary N) is 1. The van der Waals surface area contributed by atoms with Gasteiger partial charge in [-0.25, -0.2) is 4.79 Å². The predicted molar refractivity (Wildman–Crippen MR) is 131 cm³/mol. The van der Waals surface area contributed by atoms with Crippen molar-refractivity contribution in [3.63, 3.8) is 0 Å². The Morgan fingerprint density at radius 3 is 2.55 bits per heavy atom. The number of nitrogens with zero attached hydrogens (tertiary/aromatic N) is 6. The lowest BCUT2D eigenvalue weighted by Crippen LogP contribution is -2.46. The van der Waals surface area contributed by atoms with Crippen molar-refractivity contribution < 1.29 is 0 Å². The number of aromatic amines is 1. The first-order chi connectivity index (χ1) is 15.8. The summed E-state index contributed by atoms with van der Waals surface area (Å²) in [6.07, 6.45) is 0.972. The topological polar surface area (TPSA) is 83.6 Å². The Morgan fingerprint density at radius 2 is 1.82 bits per heavy atom. The summed E-state index contributed by atoms with van der Waals surface area (Å²) in [7, 11) is 1.63. The molecule has 0 radical (unpaired) electrons. The number of fused-ring (bicyclic) bond motifs is 3. The number of hydrogen-bond acceptors (Lipinski definition) is 5. The number of imidazole rings is 2. The number of anilines is 1. The number of hydrogen-bond donors (Lipinski definition) is 1. The monoisotopic (exact) mass is 469 g/mol. The highest BCUT2D eigenvalue weighted by Crippen LogP contribution is 2.22.